The molecule has 2 rings (SSSR count). The molecule has 6 nitrogen and oxygen atoms in total. The fourth-order valence-corrected chi connectivity index (χ4v) is 3.10. The summed E-state index contributed by atoms with van der Waals surface area (Å²) in [5, 5.41) is 14.7. The summed E-state index contributed by atoms with van der Waals surface area (Å²) in [5.74, 6) is 0.940. The van der Waals surface area contributed by atoms with Gasteiger partial charge in [0.15, 0.2) is 5.75 Å². The van der Waals surface area contributed by atoms with Crippen molar-refractivity contribution in [3.63, 3.8) is 0 Å². The van der Waals surface area contributed by atoms with E-state index in [0.29, 0.717) is 11.7 Å². The maximum atomic E-state index is 11.3. The average molecular weight is 394 g/mol. The molecule has 0 amide bonds. The summed E-state index contributed by atoms with van der Waals surface area (Å²) in [6.07, 6.45) is 2.12. The van der Waals surface area contributed by atoms with E-state index in [1.807, 2.05) is 6.07 Å². The molecule has 1 heterocycles. The Hall–Kier alpha value is -1.08. The second kappa shape index (κ2) is 11.5. The highest BCUT2D eigenvalue weighted by atomic mass is 35.5. The number of hydrogen-bond acceptors (Lipinski definition) is 5. The highest BCUT2D eigenvalue weighted by molar-refractivity contribution is 5.85. The van der Waals surface area contributed by atoms with Crippen molar-refractivity contribution in [1.82, 2.24) is 10.2 Å². The molecule has 0 bridgehead atoms. The van der Waals surface area contributed by atoms with Gasteiger partial charge in [0, 0.05) is 38.3 Å². The van der Waals surface area contributed by atoms with Gasteiger partial charge in [-0.1, -0.05) is 19.9 Å². The number of benzene rings is 1. The number of methoxy groups -OCH3 is 1. The molecule has 1 aliphatic rings. The first kappa shape index (κ1) is 23.9. The second-order valence-corrected chi connectivity index (χ2v) is 6.46. The van der Waals surface area contributed by atoms with E-state index in [1.54, 1.807) is 12.1 Å². The fourth-order valence-electron chi connectivity index (χ4n) is 3.10. The molecule has 1 aromatic rings. The van der Waals surface area contributed by atoms with Gasteiger partial charge in [-0.05, 0) is 30.4 Å². The Balaban J connectivity index is 0.00000288. The molecule has 1 aliphatic heterocycles. The van der Waals surface area contributed by atoms with Gasteiger partial charge >= 0.3 is 5.69 Å². The van der Waals surface area contributed by atoms with E-state index < -0.39 is 0 Å². The van der Waals surface area contributed by atoms with E-state index in [4.69, 9.17) is 4.74 Å². The van der Waals surface area contributed by atoms with Crippen LogP contribution in [0.5, 0.6) is 5.75 Å². The van der Waals surface area contributed by atoms with Gasteiger partial charge in [-0.3, -0.25) is 15.0 Å². The SMILES string of the molecule is COc1ccc([C@H](CCC(C)C)N2CCNCC2)cc1[N+](=O)[O-].Cl.Cl. The van der Waals surface area contributed by atoms with Gasteiger partial charge < -0.3 is 10.1 Å². The van der Waals surface area contributed by atoms with Crippen molar-refractivity contribution < 1.29 is 9.66 Å². The van der Waals surface area contributed by atoms with Gasteiger partial charge in [0.2, 0.25) is 0 Å². The largest absolute Gasteiger partial charge is 0.490 e. The van der Waals surface area contributed by atoms with Gasteiger partial charge in [-0.2, -0.15) is 0 Å². The topological polar surface area (TPSA) is 67.6 Å². The van der Waals surface area contributed by atoms with Crippen molar-refractivity contribution in [3.8, 4) is 5.75 Å². The third-order valence-electron chi connectivity index (χ3n) is 4.39. The molecule has 1 saturated heterocycles. The lowest BCUT2D eigenvalue weighted by atomic mass is 9.95. The highest BCUT2D eigenvalue weighted by Gasteiger charge is 2.25. The Morgan fingerprint density at radius 1 is 1.24 bits per heavy atom. The van der Waals surface area contributed by atoms with Gasteiger partial charge in [0.25, 0.3) is 0 Å². The Kier molecular flexibility index (Phi) is 11.0. The average Bonchev–Trinajstić information content (AvgIpc) is 2.55. The zero-order chi connectivity index (χ0) is 16.8. The van der Waals surface area contributed by atoms with E-state index in [2.05, 4.69) is 24.1 Å². The first-order valence-electron chi connectivity index (χ1n) is 8.30. The zero-order valence-corrected chi connectivity index (χ0v) is 16.7. The first-order chi connectivity index (χ1) is 11.0. The molecule has 8 heteroatoms. The predicted molar refractivity (Wildman–Crippen MR) is 105 cm³/mol. The van der Waals surface area contributed by atoms with Crippen LogP contribution in [0.25, 0.3) is 0 Å². The Bertz CT molecular complexity index is 538. The normalized spacial score (nSPS) is 15.8. The minimum Gasteiger partial charge on any atom is -0.490 e. The number of nitro groups is 1. The lowest BCUT2D eigenvalue weighted by molar-refractivity contribution is -0.385. The van der Waals surface area contributed by atoms with Crippen LogP contribution in [0.1, 0.15) is 38.3 Å². The quantitative estimate of drug-likeness (QED) is 0.562. The Labute approximate surface area is 162 Å². The number of halogens is 2. The smallest absolute Gasteiger partial charge is 0.311 e. The number of rotatable bonds is 7. The van der Waals surface area contributed by atoms with E-state index in [-0.39, 0.29) is 41.5 Å². The monoisotopic (exact) mass is 393 g/mol. The van der Waals surface area contributed by atoms with Crippen molar-refractivity contribution in [2.45, 2.75) is 32.7 Å². The molecule has 1 fully saturated rings. The number of ether oxygens (including phenoxy) is 1. The molecule has 0 saturated carbocycles. The van der Waals surface area contributed by atoms with Crippen LogP contribution in [0.15, 0.2) is 18.2 Å². The summed E-state index contributed by atoms with van der Waals surface area (Å²) in [6.45, 7) is 8.31. The van der Waals surface area contributed by atoms with Crippen LogP contribution in [0, 0.1) is 16.0 Å². The van der Waals surface area contributed by atoms with Crippen molar-refractivity contribution in [1.29, 1.82) is 0 Å². The number of hydrogen-bond donors (Lipinski definition) is 1. The second-order valence-electron chi connectivity index (χ2n) is 6.46. The van der Waals surface area contributed by atoms with Crippen molar-refractivity contribution >= 4 is 30.5 Å². The molecule has 1 aromatic carbocycles. The summed E-state index contributed by atoms with van der Waals surface area (Å²) in [5.41, 5.74) is 1.06. The van der Waals surface area contributed by atoms with Crippen LogP contribution in [-0.4, -0.2) is 43.1 Å². The van der Waals surface area contributed by atoms with E-state index >= 15 is 0 Å². The fraction of sp³-hybridized carbons (Fsp3) is 0.647. The number of piperazine rings is 1. The maximum Gasteiger partial charge on any atom is 0.311 e. The highest BCUT2D eigenvalue weighted by Crippen LogP contribution is 2.34. The maximum absolute atomic E-state index is 11.3. The standard InChI is InChI=1S/C17H27N3O3.2ClH/c1-13(2)4-6-15(19-10-8-18-9-11-19)14-5-7-17(23-3)16(12-14)20(21)22;;/h5,7,12-13,15,18H,4,6,8-11H2,1-3H3;2*1H/t15-;;/m0../s1. The molecule has 0 radical (unpaired) electrons. The van der Waals surface area contributed by atoms with Gasteiger partial charge in [0.1, 0.15) is 0 Å². The van der Waals surface area contributed by atoms with E-state index in [0.717, 1.165) is 44.6 Å². The van der Waals surface area contributed by atoms with Crippen LogP contribution in [0.3, 0.4) is 0 Å². The minimum atomic E-state index is -0.362. The van der Waals surface area contributed by atoms with Crippen molar-refractivity contribution in [3.05, 3.63) is 33.9 Å². The number of nitro benzene ring substituents is 1. The third-order valence-corrected chi connectivity index (χ3v) is 4.39. The van der Waals surface area contributed by atoms with Crippen molar-refractivity contribution in [2.75, 3.05) is 33.3 Å². The van der Waals surface area contributed by atoms with Gasteiger partial charge in [-0.15, -0.1) is 24.8 Å². The molecule has 0 aliphatic carbocycles. The molecular weight excluding hydrogens is 365 g/mol. The van der Waals surface area contributed by atoms with Crippen LogP contribution in [-0.2, 0) is 0 Å². The predicted octanol–water partition coefficient (Wildman–Crippen LogP) is 3.83. The molecule has 144 valence electrons. The third kappa shape index (κ3) is 6.62. The van der Waals surface area contributed by atoms with Crippen LogP contribution < -0.4 is 10.1 Å². The Morgan fingerprint density at radius 3 is 2.40 bits per heavy atom. The molecule has 25 heavy (non-hydrogen) atoms. The van der Waals surface area contributed by atoms with Crippen LogP contribution >= 0.6 is 24.8 Å². The molecule has 1 N–H and O–H groups in total. The van der Waals surface area contributed by atoms with Crippen LogP contribution in [0.2, 0.25) is 0 Å². The van der Waals surface area contributed by atoms with E-state index in [9.17, 15) is 10.1 Å². The molecule has 0 aromatic heterocycles. The van der Waals surface area contributed by atoms with Gasteiger partial charge in [0.05, 0.1) is 12.0 Å². The summed E-state index contributed by atoms with van der Waals surface area (Å²) in [6, 6.07) is 5.60. The molecule has 0 unspecified atom stereocenters. The summed E-state index contributed by atoms with van der Waals surface area (Å²) >= 11 is 0. The Morgan fingerprint density at radius 2 is 1.88 bits per heavy atom. The summed E-state index contributed by atoms with van der Waals surface area (Å²) < 4.78 is 5.12. The number of nitrogens with one attached hydrogen (secondary N) is 1. The van der Waals surface area contributed by atoms with Crippen molar-refractivity contribution in [2.24, 2.45) is 5.92 Å². The lowest BCUT2D eigenvalue weighted by Crippen LogP contribution is -2.45. The van der Waals surface area contributed by atoms with Gasteiger partial charge in [-0.25, -0.2) is 0 Å². The summed E-state index contributed by atoms with van der Waals surface area (Å²) in [7, 11) is 1.47. The zero-order valence-electron chi connectivity index (χ0n) is 15.1. The lowest BCUT2D eigenvalue weighted by Gasteiger charge is -2.35. The first-order valence-corrected chi connectivity index (χ1v) is 8.30. The minimum absolute atomic E-state index is 0. The number of nitrogens with zero attached hydrogens (tertiary/aromatic N) is 2. The summed E-state index contributed by atoms with van der Waals surface area (Å²) in [4.78, 5) is 13.4. The van der Waals surface area contributed by atoms with E-state index in [1.165, 1.54) is 7.11 Å². The van der Waals surface area contributed by atoms with Crippen LogP contribution in [0.4, 0.5) is 5.69 Å². The molecule has 1 atom stereocenters. The molecular formula is C17H29Cl2N3O3. The molecule has 0 spiro atoms.